The van der Waals surface area contributed by atoms with Crippen molar-refractivity contribution in [1.82, 2.24) is 4.90 Å². The molecule has 20 heavy (non-hydrogen) atoms. The summed E-state index contributed by atoms with van der Waals surface area (Å²) >= 11 is 0. The van der Waals surface area contributed by atoms with Crippen molar-refractivity contribution < 1.29 is 23.8 Å². The molecule has 3 atom stereocenters. The number of carboxylic acid groups (broad SMARTS) is 1. The van der Waals surface area contributed by atoms with E-state index in [0.29, 0.717) is 0 Å². The smallest absolute Gasteiger partial charge is 0.310 e. The number of rotatable bonds is 3. The largest absolute Gasteiger partial charge is 0.481 e. The minimum atomic E-state index is -1.06. The second kappa shape index (κ2) is 5.85. The Morgan fingerprint density at radius 1 is 1.40 bits per heavy atom. The van der Waals surface area contributed by atoms with Gasteiger partial charge in [0.2, 0.25) is 0 Å². The summed E-state index contributed by atoms with van der Waals surface area (Å²) < 4.78 is 27.2. The summed E-state index contributed by atoms with van der Waals surface area (Å²) in [7, 11) is 1.70. The highest BCUT2D eigenvalue weighted by atomic mass is 19.1. The molecule has 2 rings (SSSR count). The predicted molar refractivity (Wildman–Crippen MR) is 68.2 cm³/mol. The molecule has 0 saturated carbocycles. The maximum atomic E-state index is 13.6. The van der Waals surface area contributed by atoms with Crippen LogP contribution in [0.1, 0.15) is 12.0 Å². The minimum absolute atomic E-state index is 0.0228. The molecule has 0 spiro atoms. The van der Waals surface area contributed by atoms with Crippen LogP contribution in [0.25, 0.3) is 0 Å². The Morgan fingerprint density at radius 3 is 2.55 bits per heavy atom. The van der Waals surface area contributed by atoms with Gasteiger partial charge in [0.25, 0.3) is 0 Å². The molecule has 1 fully saturated rings. The van der Waals surface area contributed by atoms with Crippen LogP contribution in [0.15, 0.2) is 18.2 Å². The quantitative estimate of drug-likeness (QED) is 0.878. The Morgan fingerprint density at radius 2 is 2.00 bits per heavy atom. The molecular formula is C14H17F2NO3. The molecule has 110 valence electrons. The monoisotopic (exact) mass is 285 g/mol. The first-order valence-corrected chi connectivity index (χ1v) is 6.44. The van der Waals surface area contributed by atoms with Crippen molar-refractivity contribution in [3.05, 3.63) is 35.4 Å². The fourth-order valence-electron chi connectivity index (χ4n) is 2.65. The van der Waals surface area contributed by atoms with Crippen molar-refractivity contribution in [1.29, 1.82) is 0 Å². The number of piperidine rings is 1. The number of aliphatic hydroxyl groups excluding tert-OH is 1. The number of carboxylic acids is 1. The first kappa shape index (κ1) is 14.9. The predicted octanol–water partition coefficient (Wildman–Crippen LogP) is 1.27. The van der Waals surface area contributed by atoms with Crippen LogP contribution in [0.2, 0.25) is 0 Å². The third-order valence-electron chi connectivity index (χ3n) is 3.90. The molecule has 4 nitrogen and oxygen atoms in total. The van der Waals surface area contributed by atoms with Gasteiger partial charge in [-0.25, -0.2) is 8.78 Å². The number of nitrogens with zero attached hydrogens (tertiary/aromatic N) is 1. The van der Waals surface area contributed by atoms with E-state index < -0.39 is 29.6 Å². The maximum Gasteiger partial charge on any atom is 0.310 e. The van der Waals surface area contributed by atoms with E-state index in [4.69, 9.17) is 5.11 Å². The lowest BCUT2D eigenvalue weighted by Crippen LogP contribution is -2.51. The van der Waals surface area contributed by atoms with Crippen LogP contribution >= 0.6 is 0 Å². The summed E-state index contributed by atoms with van der Waals surface area (Å²) in [6, 6.07) is 3.40. The van der Waals surface area contributed by atoms with E-state index in [1.54, 1.807) is 11.9 Å². The van der Waals surface area contributed by atoms with E-state index >= 15 is 0 Å². The van der Waals surface area contributed by atoms with Crippen molar-refractivity contribution in [2.45, 2.75) is 25.0 Å². The van der Waals surface area contributed by atoms with Crippen molar-refractivity contribution in [3.63, 3.8) is 0 Å². The van der Waals surface area contributed by atoms with Crippen LogP contribution < -0.4 is 0 Å². The first-order valence-electron chi connectivity index (χ1n) is 6.44. The molecule has 0 aliphatic carbocycles. The number of hydrogen-bond acceptors (Lipinski definition) is 3. The van der Waals surface area contributed by atoms with Crippen molar-refractivity contribution >= 4 is 5.97 Å². The maximum absolute atomic E-state index is 13.6. The number of hydrogen-bond donors (Lipinski definition) is 2. The molecule has 3 unspecified atom stereocenters. The number of likely N-dealkylation sites (N-methyl/N-ethyl adjacent to an activating group) is 1. The molecule has 1 aromatic rings. The molecule has 0 amide bonds. The van der Waals surface area contributed by atoms with E-state index in [2.05, 4.69) is 0 Å². The summed E-state index contributed by atoms with van der Waals surface area (Å²) in [5.41, 5.74) is -0.0228. The van der Waals surface area contributed by atoms with Gasteiger partial charge in [0.05, 0.1) is 12.0 Å². The second-order valence-corrected chi connectivity index (χ2v) is 5.25. The molecule has 0 aromatic heterocycles. The first-order chi connectivity index (χ1) is 9.40. The van der Waals surface area contributed by atoms with Gasteiger partial charge in [-0.2, -0.15) is 0 Å². The molecule has 2 N–H and O–H groups in total. The van der Waals surface area contributed by atoms with Crippen LogP contribution in [0.3, 0.4) is 0 Å². The lowest BCUT2D eigenvalue weighted by atomic mass is 9.87. The molecule has 1 aliphatic heterocycles. The lowest BCUT2D eigenvalue weighted by molar-refractivity contribution is -0.149. The highest BCUT2D eigenvalue weighted by Crippen LogP contribution is 2.25. The van der Waals surface area contributed by atoms with Crippen molar-refractivity contribution in [2.24, 2.45) is 5.92 Å². The topological polar surface area (TPSA) is 60.8 Å². The lowest BCUT2D eigenvalue weighted by Gasteiger charge is -2.38. The van der Waals surface area contributed by atoms with Crippen molar-refractivity contribution in [2.75, 3.05) is 13.6 Å². The molecule has 1 saturated heterocycles. The fourth-order valence-corrected chi connectivity index (χ4v) is 2.65. The van der Waals surface area contributed by atoms with Crippen LogP contribution in [0.4, 0.5) is 8.78 Å². The van der Waals surface area contributed by atoms with E-state index in [9.17, 15) is 18.7 Å². The Labute approximate surface area is 115 Å². The number of carbonyl (C=O) groups is 1. The molecule has 1 aromatic carbocycles. The average Bonchev–Trinajstić information content (AvgIpc) is 2.37. The third-order valence-corrected chi connectivity index (χ3v) is 3.90. The fraction of sp³-hybridized carbons (Fsp3) is 0.500. The molecule has 0 radical (unpaired) electrons. The van der Waals surface area contributed by atoms with E-state index in [0.717, 1.165) is 0 Å². The Kier molecular flexibility index (Phi) is 4.35. The molecule has 6 heteroatoms. The summed E-state index contributed by atoms with van der Waals surface area (Å²) in [6.45, 7) is 0.164. The zero-order valence-electron chi connectivity index (χ0n) is 11.1. The highest BCUT2D eigenvalue weighted by molar-refractivity contribution is 5.71. The van der Waals surface area contributed by atoms with Gasteiger partial charge in [-0.15, -0.1) is 0 Å². The Hall–Kier alpha value is -1.53. The number of aliphatic carboxylic acids is 1. The Balaban J connectivity index is 2.13. The minimum Gasteiger partial charge on any atom is -0.481 e. The van der Waals surface area contributed by atoms with Gasteiger partial charge in [-0.1, -0.05) is 6.07 Å². The zero-order valence-corrected chi connectivity index (χ0v) is 11.1. The van der Waals surface area contributed by atoms with E-state index in [1.807, 2.05) is 0 Å². The van der Waals surface area contributed by atoms with Gasteiger partial charge >= 0.3 is 5.97 Å². The van der Waals surface area contributed by atoms with Crippen LogP contribution in [0.5, 0.6) is 0 Å². The number of likely N-dealkylation sites (tertiary alicyclic amines) is 1. The van der Waals surface area contributed by atoms with Crippen LogP contribution in [0, 0.1) is 17.6 Å². The van der Waals surface area contributed by atoms with Gasteiger partial charge in [0.15, 0.2) is 0 Å². The third kappa shape index (κ3) is 2.96. The van der Waals surface area contributed by atoms with Crippen LogP contribution in [-0.2, 0) is 11.2 Å². The normalized spacial score (nSPS) is 27.5. The number of benzene rings is 1. The molecule has 1 aliphatic rings. The van der Waals surface area contributed by atoms with Gasteiger partial charge in [-0.3, -0.25) is 4.79 Å². The standard InChI is InChI=1S/C14H17F2NO3/c1-17-7-10(14(19)20)13(18)6-8(17)5-9-11(15)3-2-4-12(9)16/h2-4,8,10,13,18H,5-7H2,1H3,(H,19,20). The summed E-state index contributed by atoms with van der Waals surface area (Å²) in [6.07, 6.45) is -0.705. The molecule has 1 heterocycles. The van der Waals surface area contributed by atoms with E-state index in [-0.39, 0.29) is 31.0 Å². The van der Waals surface area contributed by atoms with Crippen molar-refractivity contribution in [3.8, 4) is 0 Å². The molecule has 0 bridgehead atoms. The van der Waals surface area contributed by atoms with E-state index in [1.165, 1.54) is 18.2 Å². The van der Waals surface area contributed by atoms with Gasteiger partial charge < -0.3 is 15.1 Å². The van der Waals surface area contributed by atoms with Gasteiger partial charge in [-0.05, 0) is 32.0 Å². The average molecular weight is 285 g/mol. The second-order valence-electron chi connectivity index (χ2n) is 5.25. The molecular weight excluding hydrogens is 268 g/mol. The van der Waals surface area contributed by atoms with Gasteiger partial charge in [0, 0.05) is 18.2 Å². The highest BCUT2D eigenvalue weighted by Gasteiger charge is 2.37. The summed E-state index contributed by atoms with van der Waals surface area (Å²) in [5.74, 6) is -3.15. The SMILES string of the molecule is CN1CC(C(=O)O)C(O)CC1Cc1c(F)cccc1F. The number of aliphatic hydroxyl groups is 1. The van der Waals surface area contributed by atoms with Gasteiger partial charge in [0.1, 0.15) is 11.6 Å². The zero-order chi connectivity index (χ0) is 14.9. The summed E-state index contributed by atoms with van der Waals surface area (Å²) in [4.78, 5) is 12.7. The Bertz CT molecular complexity index is 489. The summed E-state index contributed by atoms with van der Waals surface area (Å²) in [5, 5.41) is 18.8. The van der Waals surface area contributed by atoms with Crippen LogP contribution in [-0.4, -0.2) is 46.8 Å². The number of halogens is 2.